The van der Waals surface area contributed by atoms with E-state index in [0.29, 0.717) is 15.9 Å². The maximum atomic E-state index is 5.72. The van der Waals surface area contributed by atoms with E-state index in [1.807, 2.05) is 13.0 Å². The van der Waals surface area contributed by atoms with Crippen molar-refractivity contribution in [1.82, 2.24) is 9.97 Å². The average Bonchev–Trinajstić information content (AvgIpc) is 1.97. The molecule has 0 spiro atoms. The van der Waals surface area contributed by atoms with Gasteiger partial charge in [-0.25, -0.2) is 9.97 Å². The second-order valence-electron chi connectivity index (χ2n) is 1.87. The van der Waals surface area contributed by atoms with Gasteiger partial charge in [0, 0.05) is 5.56 Å². The van der Waals surface area contributed by atoms with E-state index in [2.05, 4.69) is 9.97 Å². The van der Waals surface area contributed by atoms with Gasteiger partial charge in [0.05, 0.1) is 0 Å². The molecule has 0 aliphatic heterocycles. The van der Waals surface area contributed by atoms with Gasteiger partial charge < -0.3 is 0 Å². The molecule has 1 rings (SSSR count). The second kappa shape index (κ2) is 3.69. The van der Waals surface area contributed by atoms with Gasteiger partial charge in [0.15, 0.2) is 0 Å². The fraction of sp³-hybridized carbons (Fsp3) is 0.143. The van der Waals surface area contributed by atoms with Crippen molar-refractivity contribution in [1.29, 1.82) is 0 Å². The zero-order valence-electron chi connectivity index (χ0n) is 5.88. The molecule has 0 aliphatic carbocycles. The third-order valence-corrected chi connectivity index (χ3v) is 1.72. The van der Waals surface area contributed by atoms with Crippen LogP contribution >= 0.6 is 23.2 Å². The highest BCUT2D eigenvalue weighted by atomic mass is 35.5. The normalized spacial score (nSPS) is 10.8. The summed E-state index contributed by atoms with van der Waals surface area (Å²) in [5, 5.41) is 0.756. The Morgan fingerprint density at radius 1 is 1.27 bits per heavy atom. The Balaban J connectivity index is 3.20. The molecule has 0 aromatic carbocycles. The molecule has 0 amide bonds. The van der Waals surface area contributed by atoms with E-state index in [9.17, 15) is 0 Å². The van der Waals surface area contributed by atoms with Crippen LogP contribution in [0.5, 0.6) is 0 Å². The Kier molecular flexibility index (Phi) is 2.85. The fourth-order valence-corrected chi connectivity index (χ4v) is 1.10. The first-order chi connectivity index (χ1) is 5.25. The van der Waals surface area contributed by atoms with Gasteiger partial charge in [-0.15, -0.1) is 0 Å². The Morgan fingerprint density at radius 2 is 1.82 bits per heavy atom. The van der Waals surface area contributed by atoms with Crippen LogP contribution in [-0.4, -0.2) is 9.97 Å². The van der Waals surface area contributed by atoms with Crippen molar-refractivity contribution in [2.45, 2.75) is 6.92 Å². The topological polar surface area (TPSA) is 25.8 Å². The number of rotatable bonds is 1. The standard InChI is InChI=1S/C7H6Cl2N2/c1-2-3-5-6(8)10-4-11-7(5)9/h2-4H,1H3. The minimum atomic E-state index is 0.378. The minimum Gasteiger partial charge on any atom is -0.224 e. The molecule has 1 aromatic rings. The maximum Gasteiger partial charge on any atom is 0.141 e. The number of aromatic nitrogens is 2. The molecule has 11 heavy (non-hydrogen) atoms. The third kappa shape index (κ3) is 1.91. The maximum absolute atomic E-state index is 5.72. The summed E-state index contributed by atoms with van der Waals surface area (Å²) in [7, 11) is 0. The third-order valence-electron chi connectivity index (χ3n) is 1.12. The highest BCUT2D eigenvalue weighted by Gasteiger charge is 2.02. The van der Waals surface area contributed by atoms with Crippen molar-refractivity contribution in [3.63, 3.8) is 0 Å². The zero-order chi connectivity index (χ0) is 8.27. The number of allylic oxidation sites excluding steroid dienone is 1. The first kappa shape index (κ1) is 8.50. The largest absolute Gasteiger partial charge is 0.224 e. The van der Waals surface area contributed by atoms with Gasteiger partial charge in [-0.05, 0) is 6.92 Å². The first-order valence-corrected chi connectivity index (χ1v) is 3.80. The lowest BCUT2D eigenvalue weighted by molar-refractivity contribution is 1.16. The van der Waals surface area contributed by atoms with E-state index < -0.39 is 0 Å². The van der Waals surface area contributed by atoms with Crippen molar-refractivity contribution in [2.24, 2.45) is 0 Å². The molecule has 0 saturated heterocycles. The molecule has 0 unspecified atom stereocenters. The second-order valence-corrected chi connectivity index (χ2v) is 2.58. The Hall–Kier alpha value is -0.600. The minimum absolute atomic E-state index is 0.378. The Morgan fingerprint density at radius 3 is 2.27 bits per heavy atom. The van der Waals surface area contributed by atoms with Crippen LogP contribution in [-0.2, 0) is 0 Å². The van der Waals surface area contributed by atoms with Crippen LogP contribution in [0.3, 0.4) is 0 Å². The predicted molar refractivity (Wildman–Crippen MR) is 46.8 cm³/mol. The van der Waals surface area contributed by atoms with Crippen LogP contribution in [0.1, 0.15) is 12.5 Å². The molecular weight excluding hydrogens is 183 g/mol. The average molecular weight is 189 g/mol. The predicted octanol–water partition coefficient (Wildman–Crippen LogP) is 2.82. The van der Waals surface area contributed by atoms with Crippen LogP contribution in [0.4, 0.5) is 0 Å². The number of halogens is 2. The molecule has 1 heterocycles. The molecule has 0 radical (unpaired) electrons. The summed E-state index contributed by atoms with van der Waals surface area (Å²) < 4.78 is 0. The van der Waals surface area contributed by atoms with Crippen molar-refractivity contribution in [3.8, 4) is 0 Å². The number of hydrogen-bond acceptors (Lipinski definition) is 2. The Labute approximate surface area is 74.9 Å². The van der Waals surface area contributed by atoms with E-state index in [4.69, 9.17) is 23.2 Å². The summed E-state index contributed by atoms with van der Waals surface area (Å²) in [4.78, 5) is 7.55. The van der Waals surface area contributed by atoms with Gasteiger partial charge in [0.2, 0.25) is 0 Å². The van der Waals surface area contributed by atoms with E-state index in [0.717, 1.165) is 0 Å². The molecule has 58 valence electrons. The van der Waals surface area contributed by atoms with Crippen LogP contribution in [0, 0.1) is 0 Å². The van der Waals surface area contributed by atoms with Gasteiger partial charge in [-0.1, -0.05) is 35.4 Å². The van der Waals surface area contributed by atoms with Crippen LogP contribution in [0.2, 0.25) is 10.3 Å². The van der Waals surface area contributed by atoms with E-state index >= 15 is 0 Å². The van der Waals surface area contributed by atoms with E-state index in [1.54, 1.807) is 6.08 Å². The molecule has 0 aliphatic rings. The van der Waals surface area contributed by atoms with Gasteiger partial charge >= 0.3 is 0 Å². The summed E-state index contributed by atoms with van der Waals surface area (Å²) in [6.45, 7) is 1.87. The van der Waals surface area contributed by atoms with E-state index in [-0.39, 0.29) is 0 Å². The van der Waals surface area contributed by atoms with Gasteiger partial charge in [-0.2, -0.15) is 0 Å². The molecular formula is C7H6Cl2N2. The highest BCUT2D eigenvalue weighted by molar-refractivity contribution is 6.35. The monoisotopic (exact) mass is 188 g/mol. The summed E-state index contributed by atoms with van der Waals surface area (Å²) >= 11 is 11.4. The van der Waals surface area contributed by atoms with Gasteiger partial charge in [0.25, 0.3) is 0 Å². The van der Waals surface area contributed by atoms with Crippen molar-refractivity contribution >= 4 is 29.3 Å². The molecule has 0 saturated carbocycles. The van der Waals surface area contributed by atoms with Crippen molar-refractivity contribution in [3.05, 3.63) is 28.3 Å². The quantitative estimate of drug-likeness (QED) is 0.634. The van der Waals surface area contributed by atoms with Gasteiger partial charge in [-0.3, -0.25) is 0 Å². The molecule has 2 nitrogen and oxygen atoms in total. The van der Waals surface area contributed by atoms with Crippen LogP contribution < -0.4 is 0 Å². The van der Waals surface area contributed by atoms with Crippen LogP contribution in [0.25, 0.3) is 6.08 Å². The Bertz CT molecular complexity index is 264. The van der Waals surface area contributed by atoms with Crippen LogP contribution in [0.15, 0.2) is 12.4 Å². The fourth-order valence-electron chi connectivity index (χ4n) is 0.659. The van der Waals surface area contributed by atoms with E-state index in [1.165, 1.54) is 6.33 Å². The number of nitrogens with zero attached hydrogens (tertiary/aromatic N) is 2. The van der Waals surface area contributed by atoms with Gasteiger partial charge in [0.1, 0.15) is 16.6 Å². The number of hydrogen-bond donors (Lipinski definition) is 0. The lowest BCUT2D eigenvalue weighted by Crippen LogP contribution is -1.85. The lowest BCUT2D eigenvalue weighted by atomic mass is 10.3. The summed E-state index contributed by atoms with van der Waals surface area (Å²) in [6.07, 6.45) is 4.93. The molecule has 0 bridgehead atoms. The first-order valence-electron chi connectivity index (χ1n) is 3.04. The molecule has 1 aromatic heterocycles. The molecule has 0 fully saturated rings. The summed E-state index contributed by atoms with van der Waals surface area (Å²) in [6, 6.07) is 0. The molecule has 0 atom stereocenters. The molecule has 4 heteroatoms. The SMILES string of the molecule is CC=Cc1c(Cl)ncnc1Cl. The zero-order valence-corrected chi connectivity index (χ0v) is 7.39. The molecule has 0 N–H and O–H groups in total. The summed E-state index contributed by atoms with van der Waals surface area (Å²) in [5.41, 5.74) is 0.665. The smallest absolute Gasteiger partial charge is 0.141 e. The lowest BCUT2D eigenvalue weighted by Gasteiger charge is -1.96. The highest BCUT2D eigenvalue weighted by Crippen LogP contribution is 2.20. The van der Waals surface area contributed by atoms with Crippen molar-refractivity contribution < 1.29 is 0 Å². The van der Waals surface area contributed by atoms with Crippen molar-refractivity contribution in [2.75, 3.05) is 0 Å². The summed E-state index contributed by atoms with van der Waals surface area (Å²) in [5.74, 6) is 0.